The topological polar surface area (TPSA) is 86.8 Å². The highest BCUT2D eigenvalue weighted by Gasteiger charge is 2.31. The van der Waals surface area contributed by atoms with Gasteiger partial charge in [0.25, 0.3) is 0 Å². The minimum absolute atomic E-state index is 0.205. The second kappa shape index (κ2) is 10.4. The van der Waals surface area contributed by atoms with Crippen LogP contribution < -0.4 is 9.62 Å². The maximum absolute atomic E-state index is 13.4. The molecule has 0 aliphatic carbocycles. The van der Waals surface area contributed by atoms with Crippen molar-refractivity contribution in [2.24, 2.45) is 0 Å². The summed E-state index contributed by atoms with van der Waals surface area (Å²) in [5.41, 5.74) is 3.14. The minimum Gasteiger partial charge on any atom is -0.357 e. The Kier molecular flexibility index (Phi) is 8.21. The van der Waals surface area contributed by atoms with Crippen LogP contribution in [0, 0.1) is 13.8 Å². The van der Waals surface area contributed by atoms with Crippen LogP contribution in [0.3, 0.4) is 0 Å². The summed E-state index contributed by atoms with van der Waals surface area (Å²) in [5, 5.41) is 2.61. The highest BCUT2D eigenvalue weighted by Crippen LogP contribution is 2.23. The summed E-state index contributed by atoms with van der Waals surface area (Å²) in [4.78, 5) is 27.4. The molecule has 2 aromatic carbocycles. The van der Waals surface area contributed by atoms with Crippen LogP contribution in [0.5, 0.6) is 0 Å². The highest BCUT2D eigenvalue weighted by atomic mass is 32.2. The molecule has 0 saturated heterocycles. The summed E-state index contributed by atoms with van der Waals surface area (Å²) in [6.07, 6.45) is 1.48. The number of amides is 2. The molecule has 31 heavy (non-hydrogen) atoms. The van der Waals surface area contributed by atoms with Gasteiger partial charge in [-0.05, 0) is 37.5 Å². The van der Waals surface area contributed by atoms with Crippen LogP contribution >= 0.6 is 0 Å². The smallest absolute Gasteiger partial charge is 0.244 e. The van der Waals surface area contributed by atoms with E-state index in [4.69, 9.17) is 0 Å². The Morgan fingerprint density at radius 2 is 1.65 bits per heavy atom. The summed E-state index contributed by atoms with van der Waals surface area (Å²) < 4.78 is 26.2. The Labute approximate surface area is 185 Å². The third-order valence-corrected chi connectivity index (χ3v) is 6.30. The van der Waals surface area contributed by atoms with E-state index in [0.29, 0.717) is 12.1 Å². The van der Waals surface area contributed by atoms with Gasteiger partial charge in [0.15, 0.2) is 0 Å². The maximum atomic E-state index is 13.4. The molecule has 0 fully saturated rings. The van der Waals surface area contributed by atoms with Gasteiger partial charge in [0.1, 0.15) is 12.6 Å². The first-order valence-electron chi connectivity index (χ1n) is 10.2. The maximum Gasteiger partial charge on any atom is 0.244 e. The van der Waals surface area contributed by atoms with Crippen molar-refractivity contribution in [3.63, 3.8) is 0 Å². The number of anilines is 1. The summed E-state index contributed by atoms with van der Waals surface area (Å²) in [7, 11) is -2.20. The summed E-state index contributed by atoms with van der Waals surface area (Å²) in [6, 6.07) is 14.0. The SMILES string of the molecule is CC[C@H](C(=O)NC)N(Cc1ccc(C)cc1)C(=O)CN(c1ccccc1C)S(C)(=O)=O. The number of hydrogen-bond acceptors (Lipinski definition) is 4. The van der Waals surface area contributed by atoms with Gasteiger partial charge in [0, 0.05) is 13.6 Å². The Morgan fingerprint density at radius 3 is 2.16 bits per heavy atom. The van der Waals surface area contributed by atoms with Gasteiger partial charge in [-0.3, -0.25) is 13.9 Å². The van der Waals surface area contributed by atoms with E-state index in [0.717, 1.165) is 27.3 Å². The molecule has 0 spiro atoms. The Morgan fingerprint density at radius 1 is 1.03 bits per heavy atom. The fourth-order valence-corrected chi connectivity index (χ4v) is 4.32. The zero-order valence-corrected chi connectivity index (χ0v) is 19.6. The molecule has 0 radical (unpaired) electrons. The molecule has 0 aliphatic rings. The minimum atomic E-state index is -3.72. The number of carbonyl (C=O) groups is 2. The normalized spacial score (nSPS) is 12.2. The van der Waals surface area contributed by atoms with Gasteiger partial charge in [-0.1, -0.05) is 55.0 Å². The molecular formula is C23H31N3O4S. The molecule has 0 saturated carbocycles. The fourth-order valence-electron chi connectivity index (χ4n) is 3.41. The lowest BCUT2D eigenvalue weighted by atomic mass is 10.1. The number of nitrogens with one attached hydrogen (secondary N) is 1. The number of nitrogens with zero attached hydrogens (tertiary/aromatic N) is 2. The van der Waals surface area contributed by atoms with Crippen molar-refractivity contribution in [1.29, 1.82) is 0 Å². The summed E-state index contributed by atoms with van der Waals surface area (Å²) in [6.45, 7) is 5.41. The van der Waals surface area contributed by atoms with Crippen molar-refractivity contribution in [3.05, 3.63) is 65.2 Å². The molecular weight excluding hydrogens is 414 g/mol. The monoisotopic (exact) mass is 445 g/mol. The van der Waals surface area contributed by atoms with Crippen molar-refractivity contribution in [1.82, 2.24) is 10.2 Å². The van der Waals surface area contributed by atoms with Crippen molar-refractivity contribution in [2.45, 2.75) is 39.8 Å². The van der Waals surface area contributed by atoms with Crippen LogP contribution in [0.25, 0.3) is 0 Å². The lowest BCUT2D eigenvalue weighted by molar-refractivity contribution is -0.140. The lowest BCUT2D eigenvalue weighted by Crippen LogP contribution is -2.51. The van der Waals surface area contributed by atoms with Gasteiger partial charge in [0.2, 0.25) is 21.8 Å². The van der Waals surface area contributed by atoms with Crippen LogP contribution in [-0.2, 0) is 26.2 Å². The molecule has 0 aromatic heterocycles. The average molecular weight is 446 g/mol. The predicted octanol–water partition coefficient (Wildman–Crippen LogP) is 2.62. The van der Waals surface area contributed by atoms with Crippen molar-refractivity contribution in [3.8, 4) is 0 Å². The molecule has 1 N–H and O–H groups in total. The Hall–Kier alpha value is -2.87. The van der Waals surface area contributed by atoms with Gasteiger partial charge >= 0.3 is 0 Å². The van der Waals surface area contributed by atoms with E-state index in [1.54, 1.807) is 25.1 Å². The molecule has 2 rings (SSSR count). The largest absolute Gasteiger partial charge is 0.357 e. The number of hydrogen-bond donors (Lipinski definition) is 1. The first-order valence-corrected chi connectivity index (χ1v) is 12.0. The van der Waals surface area contributed by atoms with E-state index in [1.807, 2.05) is 44.2 Å². The standard InChI is InChI=1S/C23H31N3O4S/c1-6-20(23(28)24-4)25(15-19-13-11-17(2)12-14-19)22(27)16-26(31(5,29)30)21-10-8-7-9-18(21)3/h7-14,20H,6,15-16H2,1-5H3,(H,24,28)/t20-/m1/s1. The zero-order valence-electron chi connectivity index (χ0n) is 18.8. The van der Waals surface area contributed by atoms with Crippen molar-refractivity contribution < 1.29 is 18.0 Å². The molecule has 0 heterocycles. The number of sulfonamides is 1. The van der Waals surface area contributed by atoms with Gasteiger partial charge < -0.3 is 10.2 Å². The fraction of sp³-hybridized carbons (Fsp3) is 0.391. The van der Waals surface area contributed by atoms with Gasteiger partial charge in [0.05, 0.1) is 11.9 Å². The first kappa shape index (κ1) is 24.4. The van der Waals surface area contributed by atoms with Gasteiger partial charge in [-0.2, -0.15) is 0 Å². The molecule has 1 atom stereocenters. The number of aryl methyl sites for hydroxylation is 2. The zero-order chi connectivity index (χ0) is 23.2. The van der Waals surface area contributed by atoms with Gasteiger partial charge in [-0.25, -0.2) is 8.42 Å². The third-order valence-electron chi connectivity index (χ3n) is 5.17. The highest BCUT2D eigenvalue weighted by molar-refractivity contribution is 7.92. The number of benzene rings is 2. The van der Waals surface area contributed by atoms with E-state index >= 15 is 0 Å². The molecule has 168 valence electrons. The molecule has 2 aromatic rings. The molecule has 7 nitrogen and oxygen atoms in total. The Balaban J connectivity index is 2.43. The van der Waals surface area contributed by atoms with Crippen LogP contribution in [-0.4, -0.2) is 51.0 Å². The summed E-state index contributed by atoms with van der Waals surface area (Å²) >= 11 is 0. The number of likely N-dealkylation sites (N-methyl/N-ethyl adjacent to an activating group) is 1. The quantitative estimate of drug-likeness (QED) is 0.643. The van der Waals surface area contributed by atoms with E-state index in [1.165, 1.54) is 11.9 Å². The van der Waals surface area contributed by atoms with Crippen LogP contribution in [0.15, 0.2) is 48.5 Å². The van der Waals surface area contributed by atoms with Crippen molar-refractivity contribution in [2.75, 3.05) is 24.2 Å². The second-order valence-electron chi connectivity index (χ2n) is 7.60. The van der Waals surface area contributed by atoms with E-state index in [9.17, 15) is 18.0 Å². The van der Waals surface area contributed by atoms with E-state index in [2.05, 4.69) is 5.32 Å². The van der Waals surface area contributed by atoms with Crippen molar-refractivity contribution >= 4 is 27.5 Å². The second-order valence-corrected chi connectivity index (χ2v) is 9.51. The molecule has 0 bridgehead atoms. The van der Waals surface area contributed by atoms with Crippen LogP contribution in [0.4, 0.5) is 5.69 Å². The molecule has 2 amide bonds. The Bertz CT molecular complexity index is 1020. The number of rotatable bonds is 9. The average Bonchev–Trinajstić information content (AvgIpc) is 2.72. The van der Waals surface area contributed by atoms with Crippen LogP contribution in [0.2, 0.25) is 0 Å². The van der Waals surface area contributed by atoms with Gasteiger partial charge in [-0.15, -0.1) is 0 Å². The van der Waals surface area contributed by atoms with E-state index < -0.39 is 22.0 Å². The first-order chi connectivity index (χ1) is 14.6. The van der Waals surface area contributed by atoms with E-state index in [-0.39, 0.29) is 19.0 Å². The van der Waals surface area contributed by atoms with Crippen LogP contribution in [0.1, 0.15) is 30.0 Å². The third kappa shape index (κ3) is 6.30. The lowest BCUT2D eigenvalue weighted by Gasteiger charge is -2.33. The molecule has 0 unspecified atom stereocenters. The molecule has 0 aliphatic heterocycles. The number of para-hydroxylation sites is 1. The summed E-state index contributed by atoms with van der Waals surface area (Å²) in [5.74, 6) is -0.727. The predicted molar refractivity (Wildman–Crippen MR) is 123 cm³/mol. The molecule has 8 heteroatoms. The number of carbonyl (C=O) groups excluding carboxylic acids is 2.